The lowest BCUT2D eigenvalue weighted by Crippen LogP contribution is -2.07. The van der Waals surface area contributed by atoms with Gasteiger partial charge in [-0.05, 0) is 35.7 Å². The Balaban J connectivity index is 2.21. The van der Waals surface area contributed by atoms with Gasteiger partial charge in [0.1, 0.15) is 5.75 Å². The van der Waals surface area contributed by atoms with Gasteiger partial charge in [0.15, 0.2) is 4.21 Å². The average molecular weight is 317 g/mol. The van der Waals surface area contributed by atoms with Crippen LogP contribution in [0.25, 0.3) is 0 Å². The van der Waals surface area contributed by atoms with Gasteiger partial charge in [-0.3, -0.25) is 0 Å². The Morgan fingerprint density at radius 3 is 2.21 bits per heavy atom. The predicted octanol–water partition coefficient (Wildman–Crippen LogP) is 4.29. The van der Waals surface area contributed by atoms with Gasteiger partial charge in [-0.25, -0.2) is 0 Å². The Hall–Kier alpha value is -1.04. The first kappa shape index (κ1) is 14.4. The molecule has 0 aliphatic carbocycles. The average Bonchev–Trinajstić information content (AvgIpc) is 2.77. The van der Waals surface area contributed by atoms with Gasteiger partial charge in [-0.1, -0.05) is 37.6 Å². The minimum Gasteiger partial charge on any atom is -0.378 e. The Morgan fingerprint density at radius 1 is 1.11 bits per heavy atom. The van der Waals surface area contributed by atoms with E-state index < -0.39 is 10.1 Å². The van der Waals surface area contributed by atoms with E-state index in [1.165, 1.54) is 12.1 Å². The van der Waals surface area contributed by atoms with E-state index in [1.807, 2.05) is 12.1 Å². The number of thiophene rings is 1. The van der Waals surface area contributed by atoms with Gasteiger partial charge >= 0.3 is 10.1 Å². The van der Waals surface area contributed by atoms with Crippen LogP contribution in [0.2, 0.25) is 4.34 Å². The Morgan fingerprint density at radius 2 is 1.74 bits per heavy atom. The normalized spacial score (nSPS) is 11.8. The molecule has 0 aliphatic rings. The molecule has 0 radical (unpaired) electrons. The summed E-state index contributed by atoms with van der Waals surface area (Å²) in [5.41, 5.74) is 1.13. The summed E-state index contributed by atoms with van der Waals surface area (Å²) in [6.45, 7) is 4.14. The summed E-state index contributed by atoms with van der Waals surface area (Å²) in [5, 5.41) is 0. The van der Waals surface area contributed by atoms with Crippen LogP contribution in [0.3, 0.4) is 0 Å². The highest BCUT2D eigenvalue weighted by Crippen LogP contribution is 2.28. The standard InChI is InChI=1S/C13H13ClO3S2/c1-9(2)10-3-5-11(6-4-10)17-19(15,16)13-8-7-12(14)18-13/h3-9H,1-2H3. The van der Waals surface area contributed by atoms with Crippen molar-refractivity contribution in [2.24, 2.45) is 0 Å². The molecule has 102 valence electrons. The molecule has 19 heavy (non-hydrogen) atoms. The van der Waals surface area contributed by atoms with Crippen molar-refractivity contribution < 1.29 is 12.6 Å². The fourth-order valence-electron chi connectivity index (χ4n) is 1.51. The van der Waals surface area contributed by atoms with Crippen LogP contribution in [-0.2, 0) is 10.1 Å². The number of hydrogen-bond acceptors (Lipinski definition) is 4. The molecule has 0 saturated carbocycles. The SMILES string of the molecule is CC(C)c1ccc(OS(=O)(=O)c2ccc(Cl)s2)cc1. The Bertz CT molecular complexity index is 657. The van der Waals surface area contributed by atoms with Crippen molar-refractivity contribution in [1.82, 2.24) is 0 Å². The molecule has 0 N–H and O–H groups in total. The molecule has 2 rings (SSSR count). The number of benzene rings is 1. The van der Waals surface area contributed by atoms with Gasteiger partial charge in [-0.2, -0.15) is 8.42 Å². The molecule has 2 aromatic rings. The third-order valence-corrected chi connectivity index (χ3v) is 5.48. The molecular weight excluding hydrogens is 304 g/mol. The minimum absolute atomic E-state index is 0.102. The summed E-state index contributed by atoms with van der Waals surface area (Å²) in [6, 6.07) is 9.99. The van der Waals surface area contributed by atoms with Gasteiger partial charge in [0, 0.05) is 0 Å². The summed E-state index contributed by atoms with van der Waals surface area (Å²) in [6.07, 6.45) is 0. The largest absolute Gasteiger partial charge is 0.378 e. The van der Waals surface area contributed by atoms with E-state index >= 15 is 0 Å². The fourth-order valence-corrected chi connectivity index (χ4v) is 3.88. The summed E-state index contributed by atoms with van der Waals surface area (Å²) in [5.74, 6) is 0.690. The number of halogens is 1. The van der Waals surface area contributed by atoms with Crippen LogP contribution in [-0.4, -0.2) is 8.42 Å². The molecule has 0 saturated heterocycles. The van der Waals surface area contributed by atoms with Crippen LogP contribution in [0.15, 0.2) is 40.6 Å². The first-order valence-electron chi connectivity index (χ1n) is 5.68. The lowest BCUT2D eigenvalue weighted by Gasteiger charge is -2.08. The first-order valence-corrected chi connectivity index (χ1v) is 8.28. The molecule has 6 heteroatoms. The topological polar surface area (TPSA) is 43.4 Å². The minimum atomic E-state index is -3.79. The molecule has 0 spiro atoms. The van der Waals surface area contributed by atoms with Gasteiger partial charge in [-0.15, -0.1) is 11.3 Å². The molecule has 1 aromatic heterocycles. The van der Waals surface area contributed by atoms with Crippen molar-refractivity contribution in [3.8, 4) is 5.75 Å². The maximum atomic E-state index is 12.0. The highest BCUT2D eigenvalue weighted by molar-refractivity contribution is 7.89. The molecule has 0 aliphatic heterocycles. The zero-order valence-corrected chi connectivity index (χ0v) is 12.8. The smallest absolute Gasteiger partial charge is 0.348 e. The number of rotatable bonds is 4. The molecule has 0 fully saturated rings. The molecule has 0 unspecified atom stereocenters. The van der Waals surface area contributed by atoms with Crippen LogP contribution in [0.4, 0.5) is 0 Å². The second-order valence-corrected chi connectivity index (χ2v) is 7.81. The van der Waals surface area contributed by atoms with E-state index in [0.29, 0.717) is 16.0 Å². The lowest BCUT2D eigenvalue weighted by molar-refractivity contribution is 0.488. The van der Waals surface area contributed by atoms with Crippen LogP contribution in [0.1, 0.15) is 25.3 Å². The monoisotopic (exact) mass is 316 g/mol. The van der Waals surface area contributed by atoms with E-state index in [2.05, 4.69) is 13.8 Å². The van der Waals surface area contributed by atoms with Gasteiger partial charge in [0.25, 0.3) is 0 Å². The summed E-state index contributed by atoms with van der Waals surface area (Å²) in [7, 11) is -3.79. The van der Waals surface area contributed by atoms with Crippen LogP contribution >= 0.6 is 22.9 Å². The maximum Gasteiger partial charge on any atom is 0.348 e. The maximum absolute atomic E-state index is 12.0. The Kier molecular flexibility index (Phi) is 4.18. The second-order valence-electron chi connectivity index (χ2n) is 4.32. The Labute approximate surface area is 121 Å². The number of hydrogen-bond donors (Lipinski definition) is 0. The molecule has 3 nitrogen and oxygen atoms in total. The highest BCUT2D eigenvalue weighted by Gasteiger charge is 2.19. The second kappa shape index (κ2) is 5.53. The van der Waals surface area contributed by atoms with E-state index in [1.54, 1.807) is 12.1 Å². The predicted molar refractivity (Wildman–Crippen MR) is 77.7 cm³/mol. The molecule has 1 heterocycles. The van der Waals surface area contributed by atoms with Gasteiger partial charge < -0.3 is 4.18 Å². The third-order valence-electron chi connectivity index (χ3n) is 2.55. The van der Waals surface area contributed by atoms with Gasteiger partial charge in [0.2, 0.25) is 0 Å². The molecular formula is C13H13ClO3S2. The zero-order chi connectivity index (χ0) is 14.0. The van der Waals surface area contributed by atoms with Crippen molar-refractivity contribution in [2.45, 2.75) is 24.0 Å². The summed E-state index contributed by atoms with van der Waals surface area (Å²) < 4.78 is 29.5. The summed E-state index contributed by atoms with van der Waals surface area (Å²) >= 11 is 6.70. The van der Waals surface area contributed by atoms with E-state index in [0.717, 1.165) is 16.9 Å². The molecule has 1 aromatic carbocycles. The lowest BCUT2D eigenvalue weighted by atomic mass is 10.0. The van der Waals surface area contributed by atoms with Crippen molar-refractivity contribution >= 4 is 33.1 Å². The molecule has 0 bridgehead atoms. The highest BCUT2D eigenvalue weighted by atomic mass is 35.5. The van der Waals surface area contributed by atoms with E-state index in [4.69, 9.17) is 15.8 Å². The van der Waals surface area contributed by atoms with Crippen LogP contribution in [0, 0.1) is 0 Å². The van der Waals surface area contributed by atoms with Crippen LogP contribution < -0.4 is 4.18 Å². The first-order chi connectivity index (χ1) is 8.88. The quantitative estimate of drug-likeness (QED) is 0.790. The van der Waals surface area contributed by atoms with Crippen molar-refractivity contribution in [2.75, 3.05) is 0 Å². The van der Waals surface area contributed by atoms with Crippen LogP contribution in [0.5, 0.6) is 5.75 Å². The summed E-state index contributed by atoms with van der Waals surface area (Å²) in [4.78, 5) is 0. The molecule has 0 atom stereocenters. The fraction of sp³-hybridized carbons (Fsp3) is 0.231. The van der Waals surface area contributed by atoms with Crippen molar-refractivity contribution in [3.05, 3.63) is 46.3 Å². The van der Waals surface area contributed by atoms with Crippen molar-refractivity contribution in [3.63, 3.8) is 0 Å². The van der Waals surface area contributed by atoms with Gasteiger partial charge in [0.05, 0.1) is 4.34 Å². The van der Waals surface area contributed by atoms with E-state index in [-0.39, 0.29) is 4.21 Å². The third kappa shape index (κ3) is 3.49. The molecule has 0 amide bonds. The zero-order valence-electron chi connectivity index (χ0n) is 10.5. The van der Waals surface area contributed by atoms with E-state index in [9.17, 15) is 8.42 Å². The van der Waals surface area contributed by atoms with Crippen molar-refractivity contribution in [1.29, 1.82) is 0 Å².